The third kappa shape index (κ3) is 4.29. The fourth-order valence-electron chi connectivity index (χ4n) is 3.13. The first kappa shape index (κ1) is 18.1. The number of amides is 2. The topological polar surface area (TPSA) is 78.4 Å². The van der Waals surface area contributed by atoms with Gasteiger partial charge in [-0.25, -0.2) is 0 Å². The molecule has 0 spiro atoms. The minimum atomic E-state index is -1.32. The highest BCUT2D eigenvalue weighted by molar-refractivity contribution is 7.10. The van der Waals surface area contributed by atoms with E-state index in [1.807, 2.05) is 34.3 Å². The van der Waals surface area contributed by atoms with Crippen LogP contribution in [0.2, 0.25) is 0 Å². The summed E-state index contributed by atoms with van der Waals surface area (Å²) in [5.74, 6) is -1.32. The van der Waals surface area contributed by atoms with Crippen LogP contribution in [-0.2, 0) is 15.2 Å². The lowest BCUT2D eigenvalue weighted by atomic mass is 9.94. The molecule has 1 unspecified atom stereocenters. The van der Waals surface area contributed by atoms with E-state index < -0.39 is 17.4 Å². The number of aliphatic hydroxyl groups is 1. The molecule has 1 saturated carbocycles. The molecule has 0 aromatic carbocycles. The summed E-state index contributed by atoms with van der Waals surface area (Å²) in [6, 6.07) is 5.60. The minimum absolute atomic E-state index is 0.0405. The van der Waals surface area contributed by atoms with Crippen LogP contribution in [0.5, 0.6) is 0 Å². The van der Waals surface area contributed by atoms with Gasteiger partial charge in [0.2, 0.25) is 0 Å². The summed E-state index contributed by atoms with van der Waals surface area (Å²) < 4.78 is 0. The van der Waals surface area contributed by atoms with Gasteiger partial charge in [0.15, 0.2) is 0 Å². The van der Waals surface area contributed by atoms with E-state index in [4.69, 9.17) is 0 Å². The zero-order valence-corrected chi connectivity index (χ0v) is 15.5. The summed E-state index contributed by atoms with van der Waals surface area (Å²) in [6.07, 6.45) is 5.21. The molecule has 1 fully saturated rings. The van der Waals surface area contributed by atoms with Gasteiger partial charge in [0, 0.05) is 16.5 Å². The van der Waals surface area contributed by atoms with Crippen molar-refractivity contribution in [1.29, 1.82) is 0 Å². The quantitative estimate of drug-likeness (QED) is 0.700. The molecular formula is C18H22N2O3S2. The number of nitrogens with one attached hydrogen (secondary N) is 2. The second-order valence-electron chi connectivity index (χ2n) is 6.34. The molecular weight excluding hydrogens is 356 g/mol. The monoisotopic (exact) mass is 378 g/mol. The molecule has 134 valence electrons. The van der Waals surface area contributed by atoms with Crippen LogP contribution in [0.15, 0.2) is 34.3 Å². The SMILES string of the molecule is O=C(NCC(O)(c1ccsc1)c1cccs1)C(=O)NC1CCCCC1. The highest BCUT2D eigenvalue weighted by Crippen LogP contribution is 2.33. The summed E-state index contributed by atoms with van der Waals surface area (Å²) in [7, 11) is 0. The molecule has 5 nitrogen and oxygen atoms in total. The van der Waals surface area contributed by atoms with Gasteiger partial charge >= 0.3 is 11.8 Å². The fraction of sp³-hybridized carbons (Fsp3) is 0.444. The molecule has 25 heavy (non-hydrogen) atoms. The zero-order chi connectivity index (χ0) is 17.7. The highest BCUT2D eigenvalue weighted by atomic mass is 32.1. The summed E-state index contributed by atoms with van der Waals surface area (Å²) in [5, 5.41) is 22.2. The lowest BCUT2D eigenvalue weighted by molar-refractivity contribution is -0.140. The third-order valence-electron chi connectivity index (χ3n) is 4.58. The van der Waals surface area contributed by atoms with Crippen molar-refractivity contribution in [1.82, 2.24) is 10.6 Å². The molecule has 2 amide bonds. The Bertz CT molecular complexity index is 658. The lowest BCUT2D eigenvalue weighted by Gasteiger charge is -2.27. The van der Waals surface area contributed by atoms with Gasteiger partial charge in [-0.2, -0.15) is 11.3 Å². The van der Waals surface area contributed by atoms with E-state index in [0.29, 0.717) is 5.56 Å². The van der Waals surface area contributed by atoms with Crippen molar-refractivity contribution < 1.29 is 14.7 Å². The Kier molecular flexibility index (Phi) is 5.88. The summed E-state index contributed by atoms with van der Waals surface area (Å²) in [4.78, 5) is 25.0. The Morgan fingerprint density at radius 2 is 1.96 bits per heavy atom. The number of hydrogen-bond donors (Lipinski definition) is 3. The molecule has 0 bridgehead atoms. The molecule has 7 heteroatoms. The largest absolute Gasteiger partial charge is 0.378 e. The van der Waals surface area contributed by atoms with E-state index in [2.05, 4.69) is 10.6 Å². The van der Waals surface area contributed by atoms with E-state index in [-0.39, 0.29) is 12.6 Å². The summed E-state index contributed by atoms with van der Waals surface area (Å²) in [6.45, 7) is -0.0405. The maximum atomic E-state index is 12.2. The average Bonchev–Trinajstić information content (AvgIpc) is 3.34. The normalized spacial score (nSPS) is 17.6. The maximum absolute atomic E-state index is 12.2. The van der Waals surface area contributed by atoms with Gasteiger partial charge in [-0.3, -0.25) is 9.59 Å². The molecule has 1 atom stereocenters. The van der Waals surface area contributed by atoms with Crippen LogP contribution in [0.4, 0.5) is 0 Å². The molecule has 2 aromatic heterocycles. The van der Waals surface area contributed by atoms with E-state index in [9.17, 15) is 14.7 Å². The molecule has 1 aliphatic carbocycles. The number of rotatable bonds is 5. The van der Waals surface area contributed by atoms with Crippen LogP contribution in [-0.4, -0.2) is 29.5 Å². The van der Waals surface area contributed by atoms with Gasteiger partial charge < -0.3 is 15.7 Å². The summed E-state index contributed by atoms with van der Waals surface area (Å²) in [5.41, 5.74) is -0.609. The van der Waals surface area contributed by atoms with Crippen LogP contribution >= 0.6 is 22.7 Å². The van der Waals surface area contributed by atoms with E-state index >= 15 is 0 Å². The zero-order valence-electron chi connectivity index (χ0n) is 13.9. The van der Waals surface area contributed by atoms with Crippen LogP contribution in [0.3, 0.4) is 0 Å². The van der Waals surface area contributed by atoms with E-state index in [0.717, 1.165) is 30.6 Å². The average molecular weight is 379 g/mol. The molecule has 1 aliphatic rings. The van der Waals surface area contributed by atoms with Crippen LogP contribution < -0.4 is 10.6 Å². The Balaban J connectivity index is 1.63. The van der Waals surface area contributed by atoms with Gasteiger partial charge in [-0.1, -0.05) is 25.3 Å². The Hall–Kier alpha value is -1.70. The second kappa shape index (κ2) is 8.12. The second-order valence-corrected chi connectivity index (χ2v) is 8.07. The molecule has 0 radical (unpaired) electrons. The van der Waals surface area contributed by atoms with Crippen molar-refractivity contribution in [3.05, 3.63) is 44.8 Å². The molecule has 2 aromatic rings. The van der Waals surface area contributed by atoms with Crippen molar-refractivity contribution in [3.63, 3.8) is 0 Å². The van der Waals surface area contributed by atoms with Crippen LogP contribution in [0, 0.1) is 0 Å². The lowest BCUT2D eigenvalue weighted by Crippen LogP contribution is -2.49. The van der Waals surface area contributed by atoms with Crippen LogP contribution in [0.25, 0.3) is 0 Å². The third-order valence-corrected chi connectivity index (χ3v) is 6.28. The number of thiophene rings is 2. The molecule has 0 saturated heterocycles. The van der Waals surface area contributed by atoms with Gasteiger partial charge in [-0.15, -0.1) is 11.3 Å². The van der Waals surface area contributed by atoms with Gasteiger partial charge in [0.05, 0.1) is 6.54 Å². The Morgan fingerprint density at radius 1 is 1.16 bits per heavy atom. The first-order valence-electron chi connectivity index (χ1n) is 8.47. The van der Waals surface area contributed by atoms with Gasteiger partial charge in [0.1, 0.15) is 5.60 Å². The predicted molar refractivity (Wildman–Crippen MR) is 99.7 cm³/mol. The number of hydrogen-bond acceptors (Lipinski definition) is 5. The van der Waals surface area contributed by atoms with Gasteiger partial charge in [0.25, 0.3) is 0 Å². The van der Waals surface area contributed by atoms with Crippen molar-refractivity contribution in [2.24, 2.45) is 0 Å². The van der Waals surface area contributed by atoms with Crippen molar-refractivity contribution in [3.8, 4) is 0 Å². The minimum Gasteiger partial charge on any atom is -0.378 e. The number of carbonyl (C=O) groups excluding carboxylic acids is 2. The molecule has 3 rings (SSSR count). The molecule has 2 heterocycles. The van der Waals surface area contributed by atoms with Crippen molar-refractivity contribution >= 4 is 34.5 Å². The molecule has 0 aliphatic heterocycles. The molecule has 3 N–H and O–H groups in total. The smallest absolute Gasteiger partial charge is 0.309 e. The number of carbonyl (C=O) groups is 2. The maximum Gasteiger partial charge on any atom is 0.309 e. The first-order chi connectivity index (χ1) is 12.1. The van der Waals surface area contributed by atoms with Crippen LogP contribution in [0.1, 0.15) is 42.5 Å². The van der Waals surface area contributed by atoms with E-state index in [1.54, 1.807) is 0 Å². The van der Waals surface area contributed by atoms with Gasteiger partial charge in [-0.05, 0) is 41.1 Å². The Morgan fingerprint density at radius 3 is 2.60 bits per heavy atom. The fourth-order valence-corrected chi connectivity index (χ4v) is 4.70. The van der Waals surface area contributed by atoms with Crippen molar-refractivity contribution in [2.75, 3.05) is 6.54 Å². The summed E-state index contributed by atoms with van der Waals surface area (Å²) >= 11 is 2.90. The van der Waals surface area contributed by atoms with E-state index in [1.165, 1.54) is 29.1 Å². The first-order valence-corrected chi connectivity index (χ1v) is 10.3. The standard InChI is InChI=1S/C18H22N2O3S2/c21-16(17(22)20-14-5-2-1-3-6-14)19-12-18(23,13-8-10-24-11-13)15-7-4-9-25-15/h4,7-11,14,23H,1-3,5-6,12H2,(H,19,21)(H,20,22). The highest BCUT2D eigenvalue weighted by Gasteiger charge is 2.34. The van der Waals surface area contributed by atoms with Crippen molar-refractivity contribution in [2.45, 2.75) is 43.7 Å². The Labute approximate surface area is 155 Å². The predicted octanol–water partition coefficient (Wildman–Crippen LogP) is 2.61.